The van der Waals surface area contributed by atoms with E-state index in [4.69, 9.17) is 9.47 Å². The molecule has 0 aliphatic carbocycles. The minimum Gasteiger partial charge on any atom is -0.507 e. The number of aliphatic hydroxyl groups excluding tert-OH is 1. The molecule has 1 fully saturated rings. The molecule has 1 N–H and O–H groups in total. The number of hydrogen-bond acceptors (Lipinski definition) is 5. The van der Waals surface area contributed by atoms with Gasteiger partial charge in [0.2, 0.25) is 0 Å². The summed E-state index contributed by atoms with van der Waals surface area (Å²) in [5.41, 5.74) is 4.12. The highest BCUT2D eigenvalue weighted by Crippen LogP contribution is 2.42. The second kappa shape index (κ2) is 10.2. The van der Waals surface area contributed by atoms with Crippen LogP contribution in [-0.4, -0.2) is 49.1 Å². The number of rotatable bonds is 8. The number of Topliss-reactive ketones (excluding diaryl/α,β-unsaturated/α-hetero) is 1. The average Bonchev–Trinajstić information content (AvgIpc) is 3.03. The third kappa shape index (κ3) is 4.67. The number of ketones is 1. The van der Waals surface area contributed by atoms with Crippen LogP contribution in [0.25, 0.3) is 5.76 Å². The van der Waals surface area contributed by atoms with Crippen molar-refractivity contribution in [3.63, 3.8) is 0 Å². The van der Waals surface area contributed by atoms with E-state index in [-0.39, 0.29) is 17.3 Å². The van der Waals surface area contributed by atoms with Crippen LogP contribution in [0.3, 0.4) is 0 Å². The lowest BCUT2D eigenvalue weighted by Crippen LogP contribution is -2.31. The molecule has 6 nitrogen and oxygen atoms in total. The highest BCUT2D eigenvalue weighted by atomic mass is 16.5. The average molecular weight is 452 g/mol. The van der Waals surface area contributed by atoms with Gasteiger partial charge in [-0.05, 0) is 60.6 Å². The summed E-state index contributed by atoms with van der Waals surface area (Å²) >= 11 is 0. The van der Waals surface area contributed by atoms with Crippen molar-refractivity contribution in [3.8, 4) is 5.75 Å². The lowest BCUT2D eigenvalue weighted by atomic mass is 9.90. The molecule has 1 aliphatic heterocycles. The highest BCUT2D eigenvalue weighted by Gasteiger charge is 2.46. The molecule has 0 bridgehead atoms. The molecule has 1 unspecified atom stereocenters. The molecule has 0 spiro atoms. The minimum absolute atomic E-state index is 0.120. The molecule has 0 saturated carbocycles. The molecule has 2 aromatic rings. The third-order valence-corrected chi connectivity index (χ3v) is 6.22. The van der Waals surface area contributed by atoms with Crippen molar-refractivity contribution >= 4 is 17.4 Å². The summed E-state index contributed by atoms with van der Waals surface area (Å²) in [6.07, 6.45) is 0.588. The lowest BCUT2D eigenvalue weighted by Gasteiger charge is -2.26. The van der Waals surface area contributed by atoms with Crippen LogP contribution in [0.1, 0.15) is 60.0 Å². The Morgan fingerprint density at radius 3 is 2.39 bits per heavy atom. The number of benzene rings is 2. The van der Waals surface area contributed by atoms with Gasteiger partial charge in [0.1, 0.15) is 11.5 Å². The number of amides is 1. The van der Waals surface area contributed by atoms with Gasteiger partial charge in [-0.3, -0.25) is 9.59 Å². The summed E-state index contributed by atoms with van der Waals surface area (Å²) in [7, 11) is 3.22. The predicted octanol–water partition coefficient (Wildman–Crippen LogP) is 4.89. The SMILES string of the molecule is COCCCN1C(=O)C(=O)/C(=C(/O)c2cc(C(C)C)c(OC)cc2C)C1c1ccccc1C. The number of nitrogens with zero attached hydrogens (tertiary/aromatic N) is 1. The maximum atomic E-state index is 13.2. The Bertz CT molecular complexity index is 1090. The first-order valence-electron chi connectivity index (χ1n) is 11.2. The zero-order chi connectivity index (χ0) is 24.3. The van der Waals surface area contributed by atoms with Crippen molar-refractivity contribution < 1.29 is 24.2 Å². The van der Waals surface area contributed by atoms with Crippen molar-refractivity contribution in [3.05, 3.63) is 69.8 Å². The van der Waals surface area contributed by atoms with Gasteiger partial charge >= 0.3 is 0 Å². The smallest absolute Gasteiger partial charge is 0.295 e. The first-order valence-corrected chi connectivity index (χ1v) is 11.2. The molecular formula is C27H33NO5. The molecule has 0 radical (unpaired) electrons. The van der Waals surface area contributed by atoms with E-state index in [0.717, 1.165) is 28.0 Å². The largest absolute Gasteiger partial charge is 0.507 e. The number of carbonyl (C=O) groups excluding carboxylic acids is 2. The molecule has 6 heteroatoms. The quantitative estimate of drug-likeness (QED) is 0.268. The van der Waals surface area contributed by atoms with Crippen molar-refractivity contribution in [2.24, 2.45) is 0 Å². The van der Waals surface area contributed by atoms with Crippen LogP contribution in [0.15, 0.2) is 42.0 Å². The summed E-state index contributed by atoms with van der Waals surface area (Å²) in [5, 5.41) is 11.5. The van der Waals surface area contributed by atoms with E-state index in [1.165, 1.54) is 0 Å². The Morgan fingerprint density at radius 2 is 1.79 bits per heavy atom. The molecule has 1 amide bonds. The second-order valence-corrected chi connectivity index (χ2v) is 8.76. The van der Waals surface area contributed by atoms with Crippen LogP contribution in [0, 0.1) is 13.8 Å². The van der Waals surface area contributed by atoms with Crippen molar-refractivity contribution in [2.45, 2.75) is 46.1 Å². The van der Waals surface area contributed by atoms with Gasteiger partial charge in [0.15, 0.2) is 0 Å². The van der Waals surface area contributed by atoms with Gasteiger partial charge in [0.25, 0.3) is 11.7 Å². The molecular weight excluding hydrogens is 418 g/mol. The molecule has 1 atom stereocenters. The summed E-state index contributed by atoms with van der Waals surface area (Å²) in [5.74, 6) is -0.543. The van der Waals surface area contributed by atoms with Gasteiger partial charge < -0.3 is 19.5 Å². The van der Waals surface area contributed by atoms with E-state index < -0.39 is 17.7 Å². The standard InChI is InChI=1S/C27H33NO5/c1-16(2)20-15-21(18(4)14-22(20)33-6)25(29)23-24(19-11-8-7-10-17(19)3)28(12-9-13-32-5)27(31)26(23)30/h7-8,10-11,14-16,24,29H,9,12-13H2,1-6H3/b25-23+. The number of aryl methyl sites for hydroxylation is 2. The Morgan fingerprint density at radius 1 is 1.09 bits per heavy atom. The maximum absolute atomic E-state index is 13.2. The number of carbonyl (C=O) groups is 2. The second-order valence-electron chi connectivity index (χ2n) is 8.76. The number of methoxy groups -OCH3 is 2. The molecule has 176 valence electrons. The lowest BCUT2D eigenvalue weighted by molar-refractivity contribution is -0.140. The predicted molar refractivity (Wildman–Crippen MR) is 129 cm³/mol. The van der Waals surface area contributed by atoms with Gasteiger partial charge in [0, 0.05) is 25.8 Å². The number of hydrogen-bond donors (Lipinski definition) is 1. The van der Waals surface area contributed by atoms with E-state index in [0.29, 0.717) is 25.1 Å². The number of ether oxygens (including phenoxy) is 2. The van der Waals surface area contributed by atoms with Gasteiger partial charge in [-0.25, -0.2) is 0 Å². The number of aliphatic hydroxyl groups is 1. The van der Waals surface area contributed by atoms with Crippen LogP contribution in [-0.2, 0) is 14.3 Å². The van der Waals surface area contributed by atoms with Gasteiger partial charge in [-0.2, -0.15) is 0 Å². The Labute approximate surface area is 195 Å². The normalized spacial score (nSPS) is 17.8. The summed E-state index contributed by atoms with van der Waals surface area (Å²) in [6, 6.07) is 10.7. The third-order valence-electron chi connectivity index (χ3n) is 6.22. The van der Waals surface area contributed by atoms with E-state index in [2.05, 4.69) is 0 Å². The maximum Gasteiger partial charge on any atom is 0.295 e. The molecule has 2 aromatic carbocycles. The zero-order valence-corrected chi connectivity index (χ0v) is 20.3. The topological polar surface area (TPSA) is 76.1 Å². The van der Waals surface area contributed by atoms with Crippen LogP contribution >= 0.6 is 0 Å². The van der Waals surface area contributed by atoms with Crippen LogP contribution < -0.4 is 4.74 Å². The zero-order valence-electron chi connectivity index (χ0n) is 20.3. The van der Waals surface area contributed by atoms with E-state index in [1.807, 2.05) is 64.1 Å². The molecule has 1 heterocycles. The van der Waals surface area contributed by atoms with E-state index in [1.54, 1.807) is 19.1 Å². The van der Waals surface area contributed by atoms with Crippen molar-refractivity contribution in [1.82, 2.24) is 4.90 Å². The van der Waals surface area contributed by atoms with Crippen LogP contribution in [0.2, 0.25) is 0 Å². The molecule has 3 rings (SSSR count). The molecule has 33 heavy (non-hydrogen) atoms. The first kappa shape index (κ1) is 24.5. The van der Waals surface area contributed by atoms with Gasteiger partial charge in [0.05, 0.1) is 18.7 Å². The fourth-order valence-corrected chi connectivity index (χ4v) is 4.43. The van der Waals surface area contributed by atoms with E-state index >= 15 is 0 Å². The summed E-state index contributed by atoms with van der Waals surface area (Å²) in [6.45, 7) is 8.71. The van der Waals surface area contributed by atoms with Crippen molar-refractivity contribution in [2.75, 3.05) is 27.4 Å². The molecule has 1 aliphatic rings. The fraction of sp³-hybridized carbons (Fsp3) is 0.407. The van der Waals surface area contributed by atoms with Gasteiger partial charge in [-0.15, -0.1) is 0 Å². The summed E-state index contributed by atoms with van der Waals surface area (Å²) in [4.78, 5) is 27.9. The van der Waals surface area contributed by atoms with Gasteiger partial charge in [-0.1, -0.05) is 38.1 Å². The molecule has 1 saturated heterocycles. The Balaban J connectivity index is 2.23. The monoisotopic (exact) mass is 451 g/mol. The number of likely N-dealkylation sites (tertiary alicyclic amines) is 1. The minimum atomic E-state index is -0.667. The highest BCUT2D eigenvalue weighted by molar-refractivity contribution is 6.46. The summed E-state index contributed by atoms with van der Waals surface area (Å²) < 4.78 is 10.7. The van der Waals surface area contributed by atoms with Crippen LogP contribution in [0.4, 0.5) is 0 Å². The Hall–Kier alpha value is -3.12. The van der Waals surface area contributed by atoms with Crippen LogP contribution in [0.5, 0.6) is 5.75 Å². The molecule has 0 aromatic heterocycles. The van der Waals surface area contributed by atoms with E-state index in [9.17, 15) is 14.7 Å². The fourth-order valence-electron chi connectivity index (χ4n) is 4.43. The first-order chi connectivity index (χ1) is 15.7. The Kier molecular flexibility index (Phi) is 7.59. The van der Waals surface area contributed by atoms with Crippen molar-refractivity contribution in [1.29, 1.82) is 0 Å².